The topological polar surface area (TPSA) is 70.6 Å². The maximum atomic E-state index is 12.7. The van der Waals surface area contributed by atoms with E-state index in [1.807, 2.05) is 0 Å². The zero-order chi connectivity index (χ0) is 18.2. The number of carbonyl (C=O) groups is 1. The molecule has 0 unspecified atom stereocenters. The number of aromatic nitrogens is 1. The van der Waals surface area contributed by atoms with Crippen molar-refractivity contribution in [3.8, 4) is 0 Å². The van der Waals surface area contributed by atoms with Crippen molar-refractivity contribution < 1.29 is 13.2 Å². The number of aryl methyl sites for hydroxylation is 1. The predicted octanol–water partition coefficient (Wildman–Crippen LogP) is 2.91. The highest BCUT2D eigenvalue weighted by molar-refractivity contribution is 7.89. The van der Waals surface area contributed by atoms with E-state index in [1.54, 1.807) is 17.3 Å². The van der Waals surface area contributed by atoms with Crippen LogP contribution in [-0.2, 0) is 10.0 Å². The number of carbonyl (C=O) groups excluding carboxylic acids is 1. The lowest BCUT2D eigenvalue weighted by Crippen LogP contribution is -2.50. The predicted molar refractivity (Wildman–Crippen MR) is 98.0 cm³/mol. The summed E-state index contributed by atoms with van der Waals surface area (Å²) in [5, 5.41) is 0.494. The minimum atomic E-state index is -3.67. The standard InChI is InChI=1S/C15H15Cl2N3O3S2/c1-10-14(24-9-18-10)15(21)19-4-6-20(7-5-19)25(22,23)11-2-3-12(16)13(17)8-11/h2-3,8-9H,4-7H2,1H3. The van der Waals surface area contributed by atoms with Crippen molar-refractivity contribution in [2.24, 2.45) is 0 Å². The van der Waals surface area contributed by atoms with Gasteiger partial charge in [-0.05, 0) is 25.1 Å². The molecule has 1 saturated heterocycles. The molecule has 0 aliphatic carbocycles. The van der Waals surface area contributed by atoms with Gasteiger partial charge in [0, 0.05) is 26.2 Å². The second kappa shape index (κ2) is 7.20. The van der Waals surface area contributed by atoms with E-state index in [1.165, 1.54) is 33.8 Å². The lowest BCUT2D eigenvalue weighted by atomic mass is 10.3. The minimum Gasteiger partial charge on any atom is -0.335 e. The van der Waals surface area contributed by atoms with Crippen molar-refractivity contribution in [1.82, 2.24) is 14.2 Å². The summed E-state index contributed by atoms with van der Waals surface area (Å²) < 4.78 is 26.8. The summed E-state index contributed by atoms with van der Waals surface area (Å²) in [7, 11) is -3.67. The van der Waals surface area contributed by atoms with Crippen molar-refractivity contribution in [1.29, 1.82) is 0 Å². The summed E-state index contributed by atoms with van der Waals surface area (Å²) in [4.78, 5) is 18.9. The van der Waals surface area contributed by atoms with Crippen LogP contribution in [0.2, 0.25) is 10.0 Å². The van der Waals surface area contributed by atoms with Gasteiger partial charge in [0.1, 0.15) is 4.88 Å². The Kier molecular flexibility index (Phi) is 5.36. The molecule has 6 nitrogen and oxygen atoms in total. The largest absolute Gasteiger partial charge is 0.335 e. The molecule has 1 aliphatic heterocycles. The van der Waals surface area contributed by atoms with E-state index < -0.39 is 10.0 Å². The molecule has 0 bridgehead atoms. The number of hydrogen-bond donors (Lipinski definition) is 0. The molecule has 0 radical (unpaired) electrons. The fourth-order valence-corrected chi connectivity index (χ4v) is 5.15. The first-order valence-electron chi connectivity index (χ1n) is 7.45. The van der Waals surface area contributed by atoms with Crippen LogP contribution in [0.25, 0.3) is 0 Å². The Hall–Kier alpha value is -1.19. The number of rotatable bonds is 3. The maximum Gasteiger partial charge on any atom is 0.265 e. The lowest BCUT2D eigenvalue weighted by molar-refractivity contribution is 0.0702. The van der Waals surface area contributed by atoms with Crippen LogP contribution in [0.3, 0.4) is 0 Å². The van der Waals surface area contributed by atoms with Gasteiger partial charge in [0.25, 0.3) is 5.91 Å². The van der Waals surface area contributed by atoms with E-state index in [0.717, 1.165) is 0 Å². The molecule has 1 aromatic carbocycles. The van der Waals surface area contributed by atoms with Gasteiger partial charge < -0.3 is 4.90 Å². The molecule has 0 N–H and O–H groups in total. The highest BCUT2D eigenvalue weighted by Crippen LogP contribution is 2.27. The van der Waals surface area contributed by atoms with E-state index in [2.05, 4.69) is 4.98 Å². The fourth-order valence-electron chi connectivity index (χ4n) is 2.57. The molecule has 1 fully saturated rings. The first-order valence-corrected chi connectivity index (χ1v) is 10.5. The highest BCUT2D eigenvalue weighted by Gasteiger charge is 2.31. The summed E-state index contributed by atoms with van der Waals surface area (Å²) in [5.41, 5.74) is 2.33. The SMILES string of the molecule is Cc1ncsc1C(=O)N1CCN(S(=O)(=O)c2ccc(Cl)c(Cl)c2)CC1. The van der Waals surface area contributed by atoms with Crippen LogP contribution in [0.1, 0.15) is 15.4 Å². The Labute approximate surface area is 160 Å². The Morgan fingerprint density at radius 2 is 1.84 bits per heavy atom. The number of halogens is 2. The summed E-state index contributed by atoms with van der Waals surface area (Å²) in [6.45, 7) is 2.90. The summed E-state index contributed by atoms with van der Waals surface area (Å²) in [6, 6.07) is 4.24. The lowest BCUT2D eigenvalue weighted by Gasteiger charge is -2.33. The van der Waals surface area contributed by atoms with Gasteiger partial charge in [-0.3, -0.25) is 4.79 Å². The Morgan fingerprint density at radius 3 is 2.40 bits per heavy atom. The second-order valence-electron chi connectivity index (χ2n) is 5.54. The first-order chi connectivity index (χ1) is 11.8. The molecule has 25 heavy (non-hydrogen) atoms. The van der Waals surface area contributed by atoms with Crippen molar-refractivity contribution >= 4 is 50.5 Å². The minimum absolute atomic E-state index is 0.0972. The Morgan fingerprint density at radius 1 is 1.16 bits per heavy atom. The van der Waals surface area contributed by atoms with Crippen LogP contribution >= 0.6 is 34.5 Å². The number of thiazole rings is 1. The number of sulfonamides is 1. The van der Waals surface area contributed by atoms with Gasteiger partial charge in [0.05, 0.1) is 26.1 Å². The first kappa shape index (κ1) is 18.6. The molecule has 1 amide bonds. The normalized spacial score (nSPS) is 16.2. The van der Waals surface area contributed by atoms with Crippen LogP contribution in [0, 0.1) is 6.92 Å². The van der Waals surface area contributed by atoms with Crippen LogP contribution < -0.4 is 0 Å². The Balaban J connectivity index is 1.72. The van der Waals surface area contributed by atoms with Crippen LogP contribution in [0.15, 0.2) is 28.6 Å². The quantitative estimate of drug-likeness (QED) is 0.766. The van der Waals surface area contributed by atoms with Gasteiger partial charge in [0.15, 0.2) is 0 Å². The van der Waals surface area contributed by atoms with Gasteiger partial charge in [-0.25, -0.2) is 13.4 Å². The third-order valence-electron chi connectivity index (χ3n) is 3.99. The van der Waals surface area contributed by atoms with E-state index in [0.29, 0.717) is 28.7 Å². The molecule has 0 atom stereocenters. The molecule has 1 aliphatic rings. The molecular weight excluding hydrogens is 405 g/mol. The molecule has 134 valence electrons. The second-order valence-corrected chi connectivity index (χ2v) is 9.15. The van der Waals surface area contributed by atoms with Crippen LogP contribution in [-0.4, -0.2) is 54.7 Å². The van der Waals surface area contributed by atoms with Crippen molar-refractivity contribution in [2.75, 3.05) is 26.2 Å². The average molecular weight is 420 g/mol. The van der Waals surface area contributed by atoms with Crippen molar-refractivity contribution in [2.45, 2.75) is 11.8 Å². The molecule has 3 rings (SSSR count). The zero-order valence-electron chi connectivity index (χ0n) is 13.3. The number of benzene rings is 1. The average Bonchev–Trinajstić information content (AvgIpc) is 3.02. The molecule has 2 aromatic rings. The van der Waals surface area contributed by atoms with Gasteiger partial charge >= 0.3 is 0 Å². The van der Waals surface area contributed by atoms with E-state index in [9.17, 15) is 13.2 Å². The molecule has 0 saturated carbocycles. The zero-order valence-corrected chi connectivity index (χ0v) is 16.4. The fraction of sp³-hybridized carbons (Fsp3) is 0.333. The molecule has 10 heteroatoms. The van der Waals surface area contributed by atoms with Gasteiger partial charge in [0.2, 0.25) is 10.0 Å². The summed E-state index contributed by atoms with van der Waals surface area (Å²) >= 11 is 13.1. The van der Waals surface area contributed by atoms with Gasteiger partial charge in [-0.2, -0.15) is 4.31 Å². The number of piperazine rings is 1. The van der Waals surface area contributed by atoms with Crippen molar-refractivity contribution in [3.63, 3.8) is 0 Å². The van der Waals surface area contributed by atoms with E-state index in [-0.39, 0.29) is 28.9 Å². The van der Waals surface area contributed by atoms with E-state index >= 15 is 0 Å². The molecule has 0 spiro atoms. The number of nitrogens with zero attached hydrogens (tertiary/aromatic N) is 3. The molecule has 2 heterocycles. The van der Waals surface area contributed by atoms with Crippen LogP contribution in [0.4, 0.5) is 0 Å². The summed E-state index contributed by atoms with van der Waals surface area (Å²) in [6.07, 6.45) is 0. The third kappa shape index (κ3) is 3.68. The summed E-state index contributed by atoms with van der Waals surface area (Å²) in [5.74, 6) is -0.105. The van der Waals surface area contributed by atoms with E-state index in [4.69, 9.17) is 23.2 Å². The highest BCUT2D eigenvalue weighted by atomic mass is 35.5. The molecule has 1 aromatic heterocycles. The van der Waals surface area contributed by atoms with Gasteiger partial charge in [-0.1, -0.05) is 23.2 Å². The third-order valence-corrected chi connectivity index (χ3v) is 7.54. The molecular formula is C15H15Cl2N3O3S2. The van der Waals surface area contributed by atoms with Gasteiger partial charge in [-0.15, -0.1) is 11.3 Å². The van der Waals surface area contributed by atoms with Crippen molar-refractivity contribution in [3.05, 3.63) is 44.3 Å². The van der Waals surface area contributed by atoms with Crippen LogP contribution in [0.5, 0.6) is 0 Å². The smallest absolute Gasteiger partial charge is 0.265 e. The maximum absolute atomic E-state index is 12.7. The number of hydrogen-bond acceptors (Lipinski definition) is 5. The monoisotopic (exact) mass is 419 g/mol. The number of amides is 1. The Bertz CT molecular complexity index is 906.